The molecule has 0 aromatic heterocycles. The normalized spacial score (nSPS) is 30.5. The first-order chi connectivity index (χ1) is 10.3. The van der Waals surface area contributed by atoms with Gasteiger partial charge in [-0.05, 0) is 0 Å². The van der Waals surface area contributed by atoms with Crippen LogP contribution in [-0.2, 0) is 29.1 Å². The molecule has 0 aliphatic carbocycles. The van der Waals surface area contributed by atoms with Crippen LogP contribution in [0.3, 0.4) is 0 Å². The van der Waals surface area contributed by atoms with Crippen LogP contribution in [0.25, 0.3) is 0 Å². The van der Waals surface area contributed by atoms with Crippen LogP contribution < -0.4 is 0 Å². The van der Waals surface area contributed by atoms with Crippen LogP contribution in [0.5, 0.6) is 0 Å². The van der Waals surface area contributed by atoms with E-state index >= 15 is 0 Å². The van der Waals surface area contributed by atoms with Gasteiger partial charge in [-0.2, -0.15) is 8.42 Å². The second-order valence-electron chi connectivity index (χ2n) is 4.81. The van der Waals surface area contributed by atoms with E-state index in [1.807, 2.05) is 6.11 Å². The molecule has 10 heteroatoms. The molecule has 0 aromatic rings. The Bertz CT molecular complexity index is 471. The molecule has 0 saturated carbocycles. The standard InChI is InChI=1S/C12H20O9S/c1-3-19-8(5-18-2)6-20-12-10(14)4-9(13)11(21-12)7-22(15,16)17/h1,8-14H,4-7H2,2H3,(H,15,16,17)/t8?,9-,10?,11?,12-/m0/s1. The molecule has 1 aliphatic heterocycles. The Balaban J connectivity index is 2.59. The fourth-order valence-electron chi connectivity index (χ4n) is 1.97. The van der Waals surface area contributed by atoms with Crippen molar-refractivity contribution in [3.05, 3.63) is 0 Å². The highest BCUT2D eigenvalue weighted by Crippen LogP contribution is 2.22. The fraction of sp³-hybridized carbons (Fsp3) is 0.833. The van der Waals surface area contributed by atoms with E-state index in [0.29, 0.717) is 0 Å². The Morgan fingerprint density at radius 2 is 2.05 bits per heavy atom. The second-order valence-corrected chi connectivity index (χ2v) is 6.31. The van der Waals surface area contributed by atoms with E-state index in [2.05, 4.69) is 0 Å². The van der Waals surface area contributed by atoms with Gasteiger partial charge < -0.3 is 29.2 Å². The van der Waals surface area contributed by atoms with Gasteiger partial charge in [0.1, 0.15) is 24.1 Å². The van der Waals surface area contributed by atoms with E-state index < -0.39 is 46.6 Å². The van der Waals surface area contributed by atoms with Gasteiger partial charge in [0.2, 0.25) is 0 Å². The first kappa shape index (κ1) is 19.1. The first-order valence-electron chi connectivity index (χ1n) is 6.45. The fourth-order valence-corrected chi connectivity index (χ4v) is 2.69. The SMILES string of the molecule is C#COC(COC)CO[C@H]1OC(CS(=O)(=O)O)[C@@H](O)CC1O. The molecular weight excluding hydrogens is 320 g/mol. The Morgan fingerprint density at radius 1 is 1.36 bits per heavy atom. The van der Waals surface area contributed by atoms with Crippen molar-refractivity contribution in [1.82, 2.24) is 0 Å². The number of hydrogen-bond donors (Lipinski definition) is 3. The van der Waals surface area contributed by atoms with Crippen LogP contribution >= 0.6 is 0 Å². The summed E-state index contributed by atoms with van der Waals surface area (Å²) < 4.78 is 50.8. The summed E-state index contributed by atoms with van der Waals surface area (Å²) in [5.41, 5.74) is 0. The third kappa shape index (κ3) is 6.45. The minimum atomic E-state index is -4.34. The molecular formula is C12H20O9S. The summed E-state index contributed by atoms with van der Waals surface area (Å²) in [5.74, 6) is -0.802. The van der Waals surface area contributed by atoms with Gasteiger partial charge in [0.15, 0.2) is 12.4 Å². The zero-order valence-electron chi connectivity index (χ0n) is 12.0. The topological polar surface area (TPSA) is 132 Å². The number of hydrogen-bond acceptors (Lipinski definition) is 8. The Hall–Kier alpha value is -0.930. The molecule has 3 N–H and O–H groups in total. The summed E-state index contributed by atoms with van der Waals surface area (Å²) in [6.07, 6.45) is 1.44. The highest BCUT2D eigenvalue weighted by Gasteiger charge is 2.39. The number of aliphatic hydroxyl groups is 2. The number of methoxy groups -OCH3 is 1. The smallest absolute Gasteiger partial charge is 0.267 e. The van der Waals surface area contributed by atoms with Crippen molar-refractivity contribution in [3.8, 4) is 12.5 Å². The summed E-state index contributed by atoms with van der Waals surface area (Å²) in [6, 6.07) is 0. The number of rotatable bonds is 8. The van der Waals surface area contributed by atoms with Crippen LogP contribution in [0.15, 0.2) is 0 Å². The molecule has 1 heterocycles. The van der Waals surface area contributed by atoms with Crippen molar-refractivity contribution < 1.29 is 42.1 Å². The largest absolute Gasteiger partial charge is 0.439 e. The van der Waals surface area contributed by atoms with Gasteiger partial charge in [-0.15, -0.1) is 0 Å². The van der Waals surface area contributed by atoms with Gasteiger partial charge in [0.25, 0.3) is 10.1 Å². The van der Waals surface area contributed by atoms with Crippen molar-refractivity contribution in [2.24, 2.45) is 0 Å². The quantitative estimate of drug-likeness (QED) is 0.351. The van der Waals surface area contributed by atoms with E-state index in [1.165, 1.54) is 7.11 Å². The average Bonchev–Trinajstić information content (AvgIpc) is 2.39. The maximum absolute atomic E-state index is 10.9. The van der Waals surface area contributed by atoms with Crippen molar-refractivity contribution in [2.75, 3.05) is 26.1 Å². The summed E-state index contributed by atoms with van der Waals surface area (Å²) in [6.45, 7) is 0.0680. The molecule has 0 radical (unpaired) electrons. The molecule has 0 amide bonds. The summed E-state index contributed by atoms with van der Waals surface area (Å²) >= 11 is 0. The number of ether oxygens (including phenoxy) is 4. The lowest BCUT2D eigenvalue weighted by atomic mass is 10.0. The molecule has 5 atom stereocenters. The first-order valence-corrected chi connectivity index (χ1v) is 8.06. The third-order valence-electron chi connectivity index (χ3n) is 2.94. The van der Waals surface area contributed by atoms with Gasteiger partial charge in [0.05, 0.1) is 19.3 Å². The molecule has 3 unspecified atom stereocenters. The van der Waals surface area contributed by atoms with Gasteiger partial charge in [-0.25, -0.2) is 0 Å². The van der Waals surface area contributed by atoms with E-state index in [-0.39, 0.29) is 19.6 Å². The van der Waals surface area contributed by atoms with E-state index in [4.69, 9.17) is 29.9 Å². The number of terminal acetylenes is 1. The molecule has 1 aliphatic rings. The van der Waals surface area contributed by atoms with Crippen LogP contribution in [0, 0.1) is 12.5 Å². The van der Waals surface area contributed by atoms with Gasteiger partial charge in [-0.1, -0.05) is 6.42 Å². The Morgan fingerprint density at radius 3 is 2.59 bits per heavy atom. The predicted molar refractivity (Wildman–Crippen MR) is 73.2 cm³/mol. The van der Waals surface area contributed by atoms with Crippen molar-refractivity contribution >= 4 is 10.1 Å². The van der Waals surface area contributed by atoms with E-state index in [0.717, 1.165) is 0 Å². The molecule has 1 rings (SSSR count). The molecule has 22 heavy (non-hydrogen) atoms. The zero-order chi connectivity index (χ0) is 16.8. The average molecular weight is 340 g/mol. The van der Waals surface area contributed by atoms with Crippen LogP contribution in [0.1, 0.15) is 6.42 Å². The van der Waals surface area contributed by atoms with Gasteiger partial charge in [-0.3, -0.25) is 4.55 Å². The summed E-state index contributed by atoms with van der Waals surface area (Å²) in [5, 5.41) is 19.5. The van der Waals surface area contributed by atoms with Gasteiger partial charge in [0, 0.05) is 13.5 Å². The molecule has 1 saturated heterocycles. The molecule has 0 aromatic carbocycles. The van der Waals surface area contributed by atoms with E-state index in [1.54, 1.807) is 0 Å². The van der Waals surface area contributed by atoms with E-state index in [9.17, 15) is 18.6 Å². The second kappa shape index (κ2) is 8.64. The van der Waals surface area contributed by atoms with Crippen molar-refractivity contribution in [2.45, 2.75) is 37.1 Å². The minimum Gasteiger partial charge on any atom is -0.439 e. The summed E-state index contributed by atoms with van der Waals surface area (Å²) in [4.78, 5) is 0. The van der Waals surface area contributed by atoms with Crippen LogP contribution in [-0.4, -0.2) is 80.0 Å². The molecule has 128 valence electrons. The lowest BCUT2D eigenvalue weighted by molar-refractivity contribution is -0.266. The van der Waals surface area contributed by atoms with Crippen LogP contribution in [0.4, 0.5) is 0 Å². The molecule has 1 fully saturated rings. The molecule has 0 spiro atoms. The molecule has 9 nitrogen and oxygen atoms in total. The highest BCUT2D eigenvalue weighted by molar-refractivity contribution is 7.85. The monoisotopic (exact) mass is 340 g/mol. The summed E-state index contributed by atoms with van der Waals surface area (Å²) in [7, 11) is -2.90. The highest BCUT2D eigenvalue weighted by atomic mass is 32.2. The predicted octanol–water partition coefficient (Wildman–Crippen LogP) is -1.65. The lowest BCUT2D eigenvalue weighted by Gasteiger charge is -2.36. The molecule has 0 bridgehead atoms. The third-order valence-corrected chi connectivity index (χ3v) is 3.69. The van der Waals surface area contributed by atoms with Crippen molar-refractivity contribution in [3.63, 3.8) is 0 Å². The van der Waals surface area contributed by atoms with Gasteiger partial charge >= 0.3 is 0 Å². The maximum atomic E-state index is 10.9. The Kier molecular flexibility index (Phi) is 7.51. The minimum absolute atomic E-state index is 0.0749. The zero-order valence-corrected chi connectivity index (χ0v) is 12.8. The van der Waals surface area contributed by atoms with Crippen molar-refractivity contribution in [1.29, 1.82) is 0 Å². The lowest BCUT2D eigenvalue weighted by Crippen LogP contribution is -2.51. The number of aliphatic hydroxyl groups excluding tert-OH is 2. The van der Waals surface area contributed by atoms with Crippen LogP contribution in [0.2, 0.25) is 0 Å². The Labute approximate surface area is 128 Å². The maximum Gasteiger partial charge on any atom is 0.267 e.